The molecule has 0 aromatic heterocycles. The Morgan fingerprint density at radius 3 is 2.28 bits per heavy atom. The Hall–Kier alpha value is -3.08. The van der Waals surface area contributed by atoms with Crippen molar-refractivity contribution < 1.29 is 29.1 Å². The molecule has 3 amide bonds. The Bertz CT molecular complexity index is 952. The minimum atomic E-state index is -1.70. The van der Waals surface area contributed by atoms with Crippen molar-refractivity contribution in [1.82, 2.24) is 15.5 Å². The molecule has 194 valence electrons. The lowest BCUT2D eigenvalue weighted by molar-refractivity contribution is -0.123. The molecule has 0 saturated carbocycles. The topological polar surface area (TPSA) is 120 Å². The van der Waals surface area contributed by atoms with Crippen molar-refractivity contribution in [3.63, 3.8) is 0 Å². The van der Waals surface area contributed by atoms with Crippen molar-refractivity contribution in [1.29, 1.82) is 0 Å². The number of urea groups is 1. The van der Waals surface area contributed by atoms with Gasteiger partial charge in [0.15, 0.2) is 0 Å². The minimum absolute atomic E-state index is 0.141. The predicted molar refractivity (Wildman–Crippen MR) is 137 cm³/mol. The van der Waals surface area contributed by atoms with Gasteiger partial charge in [0.2, 0.25) is 5.91 Å². The van der Waals surface area contributed by atoms with Crippen LogP contribution in [0.4, 0.5) is 4.79 Å². The van der Waals surface area contributed by atoms with Gasteiger partial charge < -0.3 is 35.1 Å². The number of rotatable bonds is 11. The van der Waals surface area contributed by atoms with Gasteiger partial charge >= 0.3 is 13.1 Å². The summed E-state index contributed by atoms with van der Waals surface area (Å²) in [7, 11) is -1.70. The molecule has 3 rings (SSSR count). The summed E-state index contributed by atoms with van der Waals surface area (Å²) < 4.78 is 11.1. The van der Waals surface area contributed by atoms with E-state index in [4.69, 9.17) is 9.47 Å². The Morgan fingerprint density at radius 2 is 1.67 bits per heavy atom. The number of hydrogen-bond donors (Lipinski definition) is 4. The van der Waals surface area contributed by atoms with Crippen LogP contribution in [0.5, 0.6) is 5.75 Å². The maximum Gasteiger partial charge on any atom is 0.475 e. The molecule has 0 spiro atoms. The van der Waals surface area contributed by atoms with Gasteiger partial charge in [0.25, 0.3) is 0 Å². The first kappa shape index (κ1) is 27.5. The van der Waals surface area contributed by atoms with E-state index in [1.54, 1.807) is 4.90 Å². The SMILES string of the molecule is CC(C)C[C@H](NC(=O)[C@H](Cc1ccc(OCc2ccccc2)cc1)NC(=O)N1CCOCC1)B(O)O. The quantitative estimate of drug-likeness (QED) is 0.352. The van der Waals surface area contributed by atoms with Gasteiger partial charge in [0.1, 0.15) is 18.4 Å². The second-order valence-electron chi connectivity index (χ2n) is 9.38. The lowest BCUT2D eigenvalue weighted by Gasteiger charge is -2.30. The van der Waals surface area contributed by atoms with Crippen LogP contribution in [0.1, 0.15) is 31.4 Å². The fourth-order valence-electron chi connectivity index (χ4n) is 3.96. The second kappa shape index (κ2) is 13.9. The molecule has 36 heavy (non-hydrogen) atoms. The molecule has 0 unspecified atom stereocenters. The van der Waals surface area contributed by atoms with Gasteiger partial charge in [-0.25, -0.2) is 4.79 Å². The van der Waals surface area contributed by atoms with E-state index in [0.29, 0.717) is 45.1 Å². The zero-order valence-corrected chi connectivity index (χ0v) is 20.9. The van der Waals surface area contributed by atoms with Crippen LogP contribution in [0.2, 0.25) is 0 Å². The average molecular weight is 497 g/mol. The Balaban J connectivity index is 1.67. The summed E-state index contributed by atoms with van der Waals surface area (Å²) in [5.74, 6) is -0.475. The van der Waals surface area contributed by atoms with Gasteiger partial charge in [-0.15, -0.1) is 0 Å². The van der Waals surface area contributed by atoms with Crippen molar-refractivity contribution in [2.45, 2.75) is 45.3 Å². The average Bonchev–Trinajstić information content (AvgIpc) is 2.88. The first-order chi connectivity index (χ1) is 17.3. The van der Waals surface area contributed by atoms with Crippen LogP contribution < -0.4 is 15.4 Å². The van der Waals surface area contributed by atoms with E-state index in [9.17, 15) is 19.6 Å². The highest BCUT2D eigenvalue weighted by Gasteiger charge is 2.31. The highest BCUT2D eigenvalue weighted by molar-refractivity contribution is 6.43. The molecule has 0 radical (unpaired) electrons. The molecule has 0 aliphatic carbocycles. The number of nitrogens with zero attached hydrogens (tertiary/aromatic N) is 1. The third-order valence-electron chi connectivity index (χ3n) is 5.94. The van der Waals surface area contributed by atoms with Crippen LogP contribution in [-0.2, 0) is 22.6 Å². The fraction of sp³-hybridized carbons (Fsp3) is 0.462. The Morgan fingerprint density at radius 1 is 1.00 bits per heavy atom. The van der Waals surface area contributed by atoms with Gasteiger partial charge in [0, 0.05) is 19.5 Å². The minimum Gasteiger partial charge on any atom is -0.489 e. The molecule has 0 bridgehead atoms. The standard InChI is InChI=1S/C26H36BN3O6/c1-19(2)16-24(27(33)34)29-25(31)23(28-26(32)30-12-14-35-15-13-30)17-20-8-10-22(11-9-20)36-18-21-6-4-3-5-7-21/h3-11,19,23-24,33-34H,12-18H2,1-2H3,(H,28,32)(H,29,31)/t23-,24-/m0/s1. The lowest BCUT2D eigenvalue weighted by Crippen LogP contribution is -2.57. The first-order valence-electron chi connectivity index (χ1n) is 12.4. The van der Waals surface area contributed by atoms with E-state index in [1.807, 2.05) is 68.4 Å². The summed E-state index contributed by atoms with van der Waals surface area (Å²) in [6, 6.07) is 16.0. The van der Waals surface area contributed by atoms with E-state index < -0.39 is 25.0 Å². The van der Waals surface area contributed by atoms with E-state index in [0.717, 1.165) is 11.1 Å². The molecule has 1 aliphatic rings. The summed E-state index contributed by atoms with van der Waals surface area (Å²) in [5, 5.41) is 25.0. The van der Waals surface area contributed by atoms with Gasteiger partial charge in [0.05, 0.1) is 19.2 Å². The summed E-state index contributed by atoms with van der Waals surface area (Å²) in [4.78, 5) is 27.6. The van der Waals surface area contributed by atoms with Crippen LogP contribution in [-0.4, -0.2) is 72.3 Å². The van der Waals surface area contributed by atoms with Crippen LogP contribution in [0.3, 0.4) is 0 Å². The third-order valence-corrected chi connectivity index (χ3v) is 5.94. The molecule has 1 saturated heterocycles. The molecule has 4 N–H and O–H groups in total. The number of nitrogens with one attached hydrogen (secondary N) is 2. The van der Waals surface area contributed by atoms with Crippen LogP contribution in [0.15, 0.2) is 54.6 Å². The maximum absolute atomic E-state index is 13.2. The second-order valence-corrected chi connectivity index (χ2v) is 9.38. The van der Waals surface area contributed by atoms with Crippen molar-refractivity contribution in [2.24, 2.45) is 5.92 Å². The van der Waals surface area contributed by atoms with Gasteiger partial charge in [-0.05, 0) is 35.6 Å². The van der Waals surface area contributed by atoms with Gasteiger partial charge in [-0.1, -0.05) is 56.3 Å². The zero-order valence-electron chi connectivity index (χ0n) is 20.9. The molecule has 2 atom stereocenters. The molecule has 2 aromatic rings. The number of amides is 3. The predicted octanol–water partition coefficient (Wildman–Crippen LogP) is 1.76. The molecule has 1 fully saturated rings. The lowest BCUT2D eigenvalue weighted by atomic mass is 9.75. The highest BCUT2D eigenvalue weighted by atomic mass is 16.5. The normalized spacial score (nSPS) is 15.2. The number of carbonyl (C=O) groups excluding carboxylic acids is 2. The van der Waals surface area contributed by atoms with Crippen LogP contribution in [0.25, 0.3) is 0 Å². The zero-order chi connectivity index (χ0) is 25.9. The molecular weight excluding hydrogens is 461 g/mol. The molecular formula is C26H36BN3O6. The molecule has 1 aliphatic heterocycles. The van der Waals surface area contributed by atoms with E-state index in [2.05, 4.69) is 10.6 Å². The summed E-state index contributed by atoms with van der Waals surface area (Å²) >= 11 is 0. The summed E-state index contributed by atoms with van der Waals surface area (Å²) in [5.41, 5.74) is 1.89. The number of ether oxygens (including phenoxy) is 2. The van der Waals surface area contributed by atoms with Crippen molar-refractivity contribution in [3.8, 4) is 5.75 Å². The highest BCUT2D eigenvalue weighted by Crippen LogP contribution is 2.16. The third kappa shape index (κ3) is 8.85. The number of carbonyl (C=O) groups is 2. The van der Waals surface area contributed by atoms with E-state index in [-0.39, 0.29) is 18.4 Å². The smallest absolute Gasteiger partial charge is 0.475 e. The number of morpholine rings is 1. The van der Waals surface area contributed by atoms with Crippen molar-refractivity contribution >= 4 is 19.1 Å². The molecule has 10 heteroatoms. The monoisotopic (exact) mass is 497 g/mol. The van der Waals surface area contributed by atoms with Crippen LogP contribution in [0, 0.1) is 5.92 Å². The first-order valence-corrected chi connectivity index (χ1v) is 12.4. The number of benzene rings is 2. The fourth-order valence-corrected chi connectivity index (χ4v) is 3.96. The molecule has 9 nitrogen and oxygen atoms in total. The van der Waals surface area contributed by atoms with E-state index in [1.165, 1.54) is 0 Å². The van der Waals surface area contributed by atoms with Gasteiger partial charge in [-0.2, -0.15) is 0 Å². The van der Waals surface area contributed by atoms with E-state index >= 15 is 0 Å². The summed E-state index contributed by atoms with van der Waals surface area (Å²) in [6.45, 7) is 6.09. The van der Waals surface area contributed by atoms with Gasteiger partial charge in [-0.3, -0.25) is 4.79 Å². The molecule has 2 aromatic carbocycles. The van der Waals surface area contributed by atoms with Crippen molar-refractivity contribution in [3.05, 3.63) is 65.7 Å². The van der Waals surface area contributed by atoms with Crippen molar-refractivity contribution in [2.75, 3.05) is 26.3 Å². The Kier molecular flexibility index (Phi) is 10.6. The largest absolute Gasteiger partial charge is 0.489 e. The molecule has 1 heterocycles. The maximum atomic E-state index is 13.2. The summed E-state index contributed by atoms with van der Waals surface area (Å²) in [6.07, 6.45) is 0.623. The Labute approximate surface area is 212 Å². The number of hydrogen-bond acceptors (Lipinski definition) is 6. The van der Waals surface area contributed by atoms with Crippen LogP contribution >= 0.6 is 0 Å².